The molecule has 1 aliphatic rings. The zero-order chi connectivity index (χ0) is 19.0. The fourth-order valence-corrected chi connectivity index (χ4v) is 4.43. The van der Waals surface area contributed by atoms with E-state index in [9.17, 15) is 0 Å². The van der Waals surface area contributed by atoms with Crippen molar-refractivity contribution in [2.75, 3.05) is 13.1 Å². The molecule has 2 nitrogen and oxygen atoms in total. The van der Waals surface area contributed by atoms with Gasteiger partial charge in [0.2, 0.25) is 0 Å². The number of nitrogens with zero attached hydrogens (tertiary/aromatic N) is 2. The molecule has 0 unspecified atom stereocenters. The zero-order valence-electron chi connectivity index (χ0n) is 15.3. The molecule has 1 fully saturated rings. The Hall–Kier alpha value is -1.55. The number of rotatable bonds is 3. The summed E-state index contributed by atoms with van der Waals surface area (Å²) in [5.74, 6) is 0.792. The van der Waals surface area contributed by atoms with Gasteiger partial charge >= 0.3 is 0 Å². The summed E-state index contributed by atoms with van der Waals surface area (Å²) >= 11 is 18.2. The van der Waals surface area contributed by atoms with Gasteiger partial charge in [0.05, 0.1) is 10.0 Å². The number of piperidine rings is 1. The molecule has 1 saturated heterocycles. The number of likely N-dealkylation sites (tertiary alicyclic amines) is 1. The van der Waals surface area contributed by atoms with Crippen LogP contribution in [-0.2, 0) is 6.54 Å². The average molecular weight is 417 g/mol. The third kappa shape index (κ3) is 3.87. The molecule has 1 aliphatic heterocycles. The lowest BCUT2D eigenvalue weighted by atomic mass is 9.99. The molecule has 140 valence electrons. The lowest BCUT2D eigenvalue weighted by molar-refractivity contribution is 0.284. The van der Waals surface area contributed by atoms with Gasteiger partial charge in [-0.1, -0.05) is 66.6 Å². The Morgan fingerprint density at radius 1 is 1.07 bits per heavy atom. The highest BCUT2D eigenvalue weighted by molar-refractivity contribution is 7.80. The molecule has 1 aromatic heterocycles. The minimum atomic E-state index is 0.582. The third-order valence-corrected chi connectivity index (χ3v) is 6.64. The van der Waals surface area contributed by atoms with Gasteiger partial charge in [0.1, 0.15) is 4.99 Å². The Balaban J connectivity index is 1.68. The molecule has 0 aliphatic carbocycles. The molecule has 0 amide bonds. The highest BCUT2D eigenvalue weighted by Gasteiger charge is 2.21. The fraction of sp³-hybridized carbons (Fsp3) is 0.318. The number of para-hydroxylation sites is 1. The highest BCUT2D eigenvalue weighted by Crippen LogP contribution is 2.28. The summed E-state index contributed by atoms with van der Waals surface area (Å²) in [6, 6.07) is 14.3. The van der Waals surface area contributed by atoms with E-state index in [2.05, 4.69) is 46.9 Å². The van der Waals surface area contributed by atoms with Crippen molar-refractivity contribution < 1.29 is 0 Å². The number of fused-ring (bicyclic) bond motifs is 1. The lowest BCUT2D eigenvalue weighted by Crippen LogP contribution is -2.37. The molecule has 0 atom stereocenters. The first-order chi connectivity index (χ1) is 13.0. The van der Waals surface area contributed by atoms with Crippen molar-refractivity contribution in [3.63, 3.8) is 0 Å². The summed E-state index contributed by atoms with van der Waals surface area (Å²) in [6.07, 6.45) is 4.61. The molecule has 0 bridgehead atoms. The topological polar surface area (TPSA) is 8.17 Å². The molecule has 2 heterocycles. The van der Waals surface area contributed by atoms with Gasteiger partial charge in [-0.15, -0.1) is 0 Å². The highest BCUT2D eigenvalue weighted by atomic mass is 35.5. The monoisotopic (exact) mass is 416 g/mol. The summed E-state index contributed by atoms with van der Waals surface area (Å²) in [5.41, 5.74) is 3.45. The largest absolute Gasteiger partial charge is 0.362 e. The molecular formula is C22H22Cl2N2S. The Bertz CT molecular complexity index is 987. The van der Waals surface area contributed by atoms with E-state index in [1.165, 1.54) is 23.7 Å². The number of hydrogen-bond donors (Lipinski definition) is 0. The van der Waals surface area contributed by atoms with Gasteiger partial charge in [-0.3, -0.25) is 0 Å². The zero-order valence-corrected chi connectivity index (χ0v) is 17.6. The maximum Gasteiger partial charge on any atom is 0.111 e. The minimum Gasteiger partial charge on any atom is -0.362 e. The number of thiocarbonyl (C=S) groups is 1. The van der Waals surface area contributed by atoms with Crippen LogP contribution in [0.3, 0.4) is 0 Å². The van der Waals surface area contributed by atoms with E-state index in [0.717, 1.165) is 41.7 Å². The van der Waals surface area contributed by atoms with Crippen molar-refractivity contribution in [2.24, 2.45) is 5.92 Å². The van der Waals surface area contributed by atoms with E-state index in [-0.39, 0.29) is 0 Å². The first-order valence-corrected chi connectivity index (χ1v) is 10.5. The Morgan fingerprint density at radius 2 is 1.81 bits per heavy atom. The van der Waals surface area contributed by atoms with E-state index in [1.807, 2.05) is 18.2 Å². The Kier molecular flexibility index (Phi) is 5.45. The van der Waals surface area contributed by atoms with Crippen molar-refractivity contribution >= 4 is 51.3 Å². The maximum absolute atomic E-state index is 6.20. The molecule has 5 heteroatoms. The van der Waals surface area contributed by atoms with Crippen LogP contribution in [0.5, 0.6) is 0 Å². The molecule has 0 spiro atoms. The van der Waals surface area contributed by atoms with Crippen molar-refractivity contribution in [1.82, 2.24) is 9.47 Å². The quantitative estimate of drug-likeness (QED) is 0.456. The molecule has 3 aromatic rings. The van der Waals surface area contributed by atoms with E-state index in [1.54, 1.807) is 0 Å². The van der Waals surface area contributed by atoms with Crippen LogP contribution in [0.15, 0.2) is 48.7 Å². The molecule has 0 radical (unpaired) electrons. The Morgan fingerprint density at radius 3 is 2.56 bits per heavy atom. The SMILES string of the molecule is CC1CCN(C(=S)c2cn(Cc3ccc(Cl)c(Cl)c3)c3ccccc23)CC1. The van der Waals surface area contributed by atoms with Gasteiger partial charge in [0.15, 0.2) is 0 Å². The number of hydrogen-bond acceptors (Lipinski definition) is 1. The van der Waals surface area contributed by atoms with Gasteiger partial charge in [-0.05, 0) is 42.5 Å². The summed E-state index contributed by atoms with van der Waals surface area (Å²) in [7, 11) is 0. The Labute approximate surface area is 175 Å². The van der Waals surface area contributed by atoms with Crippen LogP contribution in [0.1, 0.15) is 30.9 Å². The molecule has 0 saturated carbocycles. The minimum absolute atomic E-state index is 0.582. The number of aromatic nitrogens is 1. The van der Waals surface area contributed by atoms with Gasteiger partial charge in [0.25, 0.3) is 0 Å². The van der Waals surface area contributed by atoms with Crippen molar-refractivity contribution in [3.8, 4) is 0 Å². The van der Waals surface area contributed by atoms with E-state index < -0.39 is 0 Å². The number of benzene rings is 2. The van der Waals surface area contributed by atoms with Crippen molar-refractivity contribution in [1.29, 1.82) is 0 Å². The fourth-order valence-electron chi connectivity index (χ4n) is 3.76. The van der Waals surface area contributed by atoms with E-state index >= 15 is 0 Å². The van der Waals surface area contributed by atoms with Crippen molar-refractivity contribution in [3.05, 3.63) is 69.8 Å². The van der Waals surface area contributed by atoms with Gasteiger partial charge in [-0.2, -0.15) is 0 Å². The number of halogens is 2. The first-order valence-electron chi connectivity index (χ1n) is 9.34. The van der Waals surface area contributed by atoms with Crippen LogP contribution in [0, 0.1) is 5.92 Å². The van der Waals surface area contributed by atoms with Gasteiger partial charge in [-0.25, -0.2) is 0 Å². The van der Waals surface area contributed by atoms with Gasteiger partial charge < -0.3 is 9.47 Å². The predicted molar refractivity (Wildman–Crippen MR) is 119 cm³/mol. The first kappa shape index (κ1) is 18.8. The third-order valence-electron chi connectivity index (χ3n) is 5.43. The summed E-state index contributed by atoms with van der Waals surface area (Å²) in [6.45, 7) is 5.15. The molecule has 2 aromatic carbocycles. The second-order valence-electron chi connectivity index (χ2n) is 7.41. The lowest BCUT2D eigenvalue weighted by Gasteiger charge is -2.32. The molecular weight excluding hydrogens is 395 g/mol. The normalized spacial score (nSPS) is 15.4. The van der Waals surface area contributed by atoms with Crippen LogP contribution in [-0.4, -0.2) is 27.5 Å². The van der Waals surface area contributed by atoms with Crippen molar-refractivity contribution in [2.45, 2.75) is 26.3 Å². The van der Waals surface area contributed by atoms with Crippen LogP contribution < -0.4 is 0 Å². The van der Waals surface area contributed by atoms with Crippen LogP contribution >= 0.6 is 35.4 Å². The predicted octanol–water partition coefficient (Wildman–Crippen LogP) is 6.40. The molecule has 4 rings (SSSR count). The average Bonchev–Trinajstić information content (AvgIpc) is 3.03. The van der Waals surface area contributed by atoms with E-state index in [0.29, 0.717) is 10.0 Å². The second-order valence-corrected chi connectivity index (χ2v) is 8.61. The van der Waals surface area contributed by atoms with Gasteiger partial charge in [0, 0.05) is 42.3 Å². The smallest absolute Gasteiger partial charge is 0.111 e. The summed E-state index contributed by atoms with van der Waals surface area (Å²) in [5, 5.41) is 2.38. The van der Waals surface area contributed by atoms with E-state index in [4.69, 9.17) is 35.4 Å². The summed E-state index contributed by atoms with van der Waals surface area (Å²) in [4.78, 5) is 3.33. The van der Waals surface area contributed by atoms with Crippen LogP contribution in [0.4, 0.5) is 0 Å². The second kappa shape index (κ2) is 7.83. The molecule has 27 heavy (non-hydrogen) atoms. The van der Waals surface area contributed by atoms with Crippen LogP contribution in [0.25, 0.3) is 10.9 Å². The molecule has 0 N–H and O–H groups in total. The summed E-state index contributed by atoms with van der Waals surface area (Å²) < 4.78 is 2.25. The van der Waals surface area contributed by atoms with Crippen LogP contribution in [0.2, 0.25) is 10.0 Å². The maximum atomic E-state index is 6.20. The standard InChI is InChI=1S/C22H22Cl2N2S/c1-15-8-10-25(11-9-15)22(27)18-14-26(21-5-3-2-4-17(18)21)13-16-6-7-19(23)20(24)12-16/h2-7,12,14-15H,8-11,13H2,1H3.